The molecule has 0 bridgehead atoms. The molecule has 1 aromatic rings. The number of hydrogen-bond donors (Lipinski definition) is 2. The summed E-state index contributed by atoms with van der Waals surface area (Å²) in [6.45, 7) is 0. The third kappa shape index (κ3) is 2.71. The van der Waals surface area contributed by atoms with Crippen LogP contribution in [0.5, 0.6) is 0 Å². The van der Waals surface area contributed by atoms with Crippen LogP contribution in [0.1, 0.15) is 5.56 Å². The molecule has 1 unspecified atom stereocenters. The van der Waals surface area contributed by atoms with Gasteiger partial charge in [0.05, 0.1) is 6.07 Å². The first-order valence-corrected chi connectivity index (χ1v) is 4.59. The number of aliphatic hydroxyl groups excluding tert-OH is 1. The highest BCUT2D eigenvalue weighted by Crippen LogP contribution is 2.16. The number of benzene rings is 1. The standard InChI is InChI=1S/C10H11ClN2O/c11-8-4-2-1-3-7(8)5-9(13)10(14)6-12/h1-4,9-10,14H,5,13H2/t9-,10?/m1/s1. The Morgan fingerprint density at radius 1 is 1.50 bits per heavy atom. The van der Waals surface area contributed by atoms with E-state index in [1.807, 2.05) is 18.2 Å². The Labute approximate surface area is 87.7 Å². The quantitative estimate of drug-likeness (QED) is 0.734. The summed E-state index contributed by atoms with van der Waals surface area (Å²) < 4.78 is 0. The molecule has 4 heteroatoms. The van der Waals surface area contributed by atoms with E-state index in [1.54, 1.807) is 12.1 Å². The Morgan fingerprint density at radius 2 is 2.14 bits per heavy atom. The topological polar surface area (TPSA) is 70.0 Å². The van der Waals surface area contributed by atoms with Gasteiger partial charge in [0.15, 0.2) is 6.10 Å². The van der Waals surface area contributed by atoms with Gasteiger partial charge in [-0.3, -0.25) is 0 Å². The molecule has 3 nitrogen and oxygen atoms in total. The fourth-order valence-corrected chi connectivity index (χ4v) is 1.34. The molecular formula is C10H11ClN2O. The lowest BCUT2D eigenvalue weighted by Crippen LogP contribution is -2.35. The van der Waals surface area contributed by atoms with Crippen LogP contribution in [-0.2, 0) is 6.42 Å². The maximum Gasteiger partial charge on any atom is 0.155 e. The van der Waals surface area contributed by atoms with E-state index in [2.05, 4.69) is 0 Å². The minimum Gasteiger partial charge on any atom is -0.376 e. The molecular weight excluding hydrogens is 200 g/mol. The SMILES string of the molecule is N#CC(O)[C@H](N)Cc1ccccc1Cl. The Hall–Kier alpha value is -1.08. The van der Waals surface area contributed by atoms with Crippen molar-refractivity contribution >= 4 is 11.6 Å². The van der Waals surface area contributed by atoms with Crippen LogP contribution in [-0.4, -0.2) is 17.3 Å². The zero-order valence-corrected chi connectivity index (χ0v) is 8.28. The minimum atomic E-state index is -1.15. The van der Waals surface area contributed by atoms with E-state index in [-0.39, 0.29) is 0 Å². The van der Waals surface area contributed by atoms with Crippen molar-refractivity contribution in [2.24, 2.45) is 5.73 Å². The van der Waals surface area contributed by atoms with Gasteiger partial charge in [-0.2, -0.15) is 5.26 Å². The van der Waals surface area contributed by atoms with Gasteiger partial charge in [0.2, 0.25) is 0 Å². The summed E-state index contributed by atoms with van der Waals surface area (Å²) in [7, 11) is 0. The number of rotatable bonds is 3. The number of nitrogens with two attached hydrogens (primary N) is 1. The Balaban J connectivity index is 2.70. The number of aliphatic hydroxyl groups is 1. The highest BCUT2D eigenvalue weighted by Gasteiger charge is 2.15. The van der Waals surface area contributed by atoms with Gasteiger partial charge in [0.1, 0.15) is 0 Å². The molecule has 0 amide bonds. The maximum atomic E-state index is 9.15. The highest BCUT2D eigenvalue weighted by molar-refractivity contribution is 6.31. The van der Waals surface area contributed by atoms with Crippen LogP contribution in [0.15, 0.2) is 24.3 Å². The van der Waals surface area contributed by atoms with Crippen molar-refractivity contribution in [2.45, 2.75) is 18.6 Å². The molecule has 0 aromatic heterocycles. The molecule has 0 radical (unpaired) electrons. The van der Waals surface area contributed by atoms with Crippen LogP contribution < -0.4 is 5.73 Å². The van der Waals surface area contributed by atoms with Crippen LogP contribution in [0.2, 0.25) is 5.02 Å². The van der Waals surface area contributed by atoms with Crippen LogP contribution in [0.3, 0.4) is 0 Å². The van der Waals surface area contributed by atoms with Crippen molar-refractivity contribution in [2.75, 3.05) is 0 Å². The first-order valence-electron chi connectivity index (χ1n) is 4.22. The second-order valence-corrected chi connectivity index (χ2v) is 3.44. The molecule has 14 heavy (non-hydrogen) atoms. The Morgan fingerprint density at radius 3 is 2.71 bits per heavy atom. The molecule has 1 rings (SSSR count). The molecule has 0 aliphatic rings. The maximum absolute atomic E-state index is 9.15. The molecule has 0 saturated carbocycles. The monoisotopic (exact) mass is 210 g/mol. The van der Waals surface area contributed by atoms with Crippen molar-refractivity contribution in [3.63, 3.8) is 0 Å². The number of nitrogens with zero attached hydrogens (tertiary/aromatic N) is 1. The van der Waals surface area contributed by atoms with Gasteiger partial charge in [-0.15, -0.1) is 0 Å². The summed E-state index contributed by atoms with van der Waals surface area (Å²) >= 11 is 5.90. The van der Waals surface area contributed by atoms with Gasteiger partial charge in [-0.1, -0.05) is 29.8 Å². The van der Waals surface area contributed by atoms with Crippen LogP contribution >= 0.6 is 11.6 Å². The van der Waals surface area contributed by atoms with Crippen molar-refractivity contribution in [3.05, 3.63) is 34.9 Å². The van der Waals surface area contributed by atoms with E-state index in [1.165, 1.54) is 0 Å². The summed E-state index contributed by atoms with van der Waals surface area (Å²) in [5.74, 6) is 0. The second-order valence-electron chi connectivity index (χ2n) is 3.03. The number of halogens is 1. The first-order chi connectivity index (χ1) is 6.65. The molecule has 0 aliphatic carbocycles. The molecule has 2 atom stereocenters. The number of hydrogen-bond acceptors (Lipinski definition) is 3. The van der Waals surface area contributed by atoms with Crippen LogP contribution in [0.25, 0.3) is 0 Å². The molecule has 1 aromatic carbocycles. The average Bonchev–Trinajstić information content (AvgIpc) is 2.20. The smallest absolute Gasteiger partial charge is 0.155 e. The largest absolute Gasteiger partial charge is 0.376 e. The first kappa shape index (κ1) is 11.0. The van der Waals surface area contributed by atoms with Crippen LogP contribution in [0, 0.1) is 11.3 Å². The highest BCUT2D eigenvalue weighted by atomic mass is 35.5. The van der Waals surface area contributed by atoms with Crippen molar-refractivity contribution < 1.29 is 5.11 Å². The lowest BCUT2D eigenvalue weighted by Gasteiger charge is -2.13. The summed E-state index contributed by atoms with van der Waals surface area (Å²) in [4.78, 5) is 0. The number of nitriles is 1. The molecule has 0 heterocycles. The molecule has 0 saturated heterocycles. The average molecular weight is 211 g/mol. The lowest BCUT2D eigenvalue weighted by atomic mass is 10.0. The van der Waals surface area contributed by atoms with E-state index in [4.69, 9.17) is 27.7 Å². The van der Waals surface area contributed by atoms with Crippen molar-refractivity contribution in [1.29, 1.82) is 5.26 Å². The molecule has 3 N–H and O–H groups in total. The predicted molar refractivity (Wildman–Crippen MR) is 54.8 cm³/mol. The zero-order chi connectivity index (χ0) is 10.6. The molecule has 0 aliphatic heterocycles. The summed E-state index contributed by atoms with van der Waals surface area (Å²) in [6.07, 6.45) is -0.750. The van der Waals surface area contributed by atoms with Crippen LogP contribution in [0.4, 0.5) is 0 Å². The van der Waals surface area contributed by atoms with Gasteiger partial charge in [0.25, 0.3) is 0 Å². The van der Waals surface area contributed by atoms with Gasteiger partial charge in [-0.25, -0.2) is 0 Å². The predicted octanol–water partition coefficient (Wildman–Crippen LogP) is 1.09. The van der Waals surface area contributed by atoms with E-state index in [9.17, 15) is 0 Å². The summed E-state index contributed by atoms with van der Waals surface area (Å²) in [6, 6.07) is 8.33. The van der Waals surface area contributed by atoms with E-state index in [0.29, 0.717) is 11.4 Å². The van der Waals surface area contributed by atoms with E-state index < -0.39 is 12.1 Å². The fourth-order valence-electron chi connectivity index (χ4n) is 1.13. The molecule has 0 spiro atoms. The minimum absolute atomic E-state index is 0.397. The van der Waals surface area contributed by atoms with Gasteiger partial charge in [-0.05, 0) is 18.1 Å². The summed E-state index contributed by atoms with van der Waals surface area (Å²) in [5, 5.41) is 18.2. The van der Waals surface area contributed by atoms with E-state index in [0.717, 1.165) is 5.56 Å². The normalized spacial score (nSPS) is 14.4. The summed E-state index contributed by atoms with van der Waals surface area (Å²) in [5.41, 5.74) is 6.44. The Bertz CT molecular complexity index is 348. The third-order valence-corrected chi connectivity index (χ3v) is 2.32. The zero-order valence-electron chi connectivity index (χ0n) is 7.52. The lowest BCUT2D eigenvalue weighted by molar-refractivity contribution is 0.197. The third-order valence-electron chi connectivity index (χ3n) is 1.95. The van der Waals surface area contributed by atoms with Gasteiger partial charge in [0, 0.05) is 11.1 Å². The van der Waals surface area contributed by atoms with E-state index >= 15 is 0 Å². The fraction of sp³-hybridized carbons (Fsp3) is 0.300. The van der Waals surface area contributed by atoms with Gasteiger partial charge >= 0.3 is 0 Å². The molecule has 0 fully saturated rings. The molecule has 74 valence electrons. The van der Waals surface area contributed by atoms with Crippen molar-refractivity contribution in [3.8, 4) is 6.07 Å². The second kappa shape index (κ2) is 4.97. The Kier molecular flexibility index (Phi) is 3.90. The van der Waals surface area contributed by atoms with Crippen molar-refractivity contribution in [1.82, 2.24) is 0 Å². The van der Waals surface area contributed by atoms with Gasteiger partial charge < -0.3 is 10.8 Å².